The number of hydroxylamine groups is 1. The molecule has 0 saturated heterocycles. The number of anilines is 2. The quantitative estimate of drug-likeness (QED) is 0.0699. The summed E-state index contributed by atoms with van der Waals surface area (Å²) in [5, 5.41) is 26.7. The Morgan fingerprint density at radius 3 is 2.31 bits per heavy atom. The number of nitrogens with one attached hydrogen (secondary N) is 1. The second-order valence-corrected chi connectivity index (χ2v) is 8.85. The molecule has 42 heavy (non-hydrogen) atoms. The van der Waals surface area contributed by atoms with Crippen molar-refractivity contribution in [3.8, 4) is 11.5 Å². The van der Waals surface area contributed by atoms with Crippen LogP contribution in [0.5, 0.6) is 0 Å². The van der Waals surface area contributed by atoms with E-state index in [0.29, 0.717) is 23.3 Å². The summed E-state index contributed by atoms with van der Waals surface area (Å²) in [7, 11) is 0. The molecular formula is C24H21F2IN10O5. The van der Waals surface area contributed by atoms with Crippen LogP contribution < -0.4 is 22.7 Å². The Bertz CT molecular complexity index is 1840. The molecule has 2 aliphatic rings. The highest BCUT2D eigenvalue weighted by Gasteiger charge is 2.34. The summed E-state index contributed by atoms with van der Waals surface area (Å²) >= 11 is 1.96. The average Bonchev–Trinajstić information content (AvgIpc) is 3.69. The molecule has 18 heteroatoms. The predicted octanol–water partition coefficient (Wildman–Crippen LogP) is 2.62. The molecule has 2 atom stereocenters. The van der Waals surface area contributed by atoms with Crippen LogP contribution in [0.4, 0.5) is 20.4 Å². The molecule has 15 nitrogen and oxygen atoms in total. The van der Waals surface area contributed by atoms with Crippen LogP contribution in [0.1, 0.15) is 41.4 Å². The van der Waals surface area contributed by atoms with Crippen molar-refractivity contribution in [3.63, 3.8) is 0 Å². The highest BCUT2D eigenvalue weighted by molar-refractivity contribution is 14.1. The lowest BCUT2D eigenvalue weighted by Crippen LogP contribution is -2.31. The van der Waals surface area contributed by atoms with Crippen LogP contribution in [-0.4, -0.2) is 46.3 Å². The van der Waals surface area contributed by atoms with Crippen LogP contribution in [0.2, 0.25) is 0 Å². The molecule has 0 aliphatic heterocycles. The maximum atomic E-state index is 13.4. The van der Waals surface area contributed by atoms with Gasteiger partial charge in [-0.15, -0.1) is 0 Å². The molecule has 0 saturated carbocycles. The van der Waals surface area contributed by atoms with Crippen molar-refractivity contribution in [2.45, 2.75) is 24.9 Å². The van der Waals surface area contributed by atoms with E-state index in [2.05, 4.69) is 44.6 Å². The minimum Gasteiger partial charge on any atom is -0.379 e. The molecule has 2 aromatic carbocycles. The van der Waals surface area contributed by atoms with Crippen LogP contribution >= 0.6 is 22.6 Å². The molecule has 7 rings (SSSR count). The van der Waals surface area contributed by atoms with Gasteiger partial charge < -0.3 is 11.5 Å². The number of fused-ring (bicyclic) bond motifs is 2. The van der Waals surface area contributed by atoms with E-state index in [1.807, 2.05) is 28.1 Å². The summed E-state index contributed by atoms with van der Waals surface area (Å²) in [4.78, 5) is 16.6. The summed E-state index contributed by atoms with van der Waals surface area (Å²) in [6.07, 6.45) is 1.22. The fourth-order valence-electron chi connectivity index (χ4n) is 4.54. The second kappa shape index (κ2) is 12.0. The molecule has 0 amide bonds. The van der Waals surface area contributed by atoms with Crippen molar-refractivity contribution in [1.29, 1.82) is 0 Å². The fraction of sp³-hybridized carbons (Fsp3) is 0.208. The highest BCUT2D eigenvalue weighted by Crippen LogP contribution is 2.38. The van der Waals surface area contributed by atoms with E-state index in [1.165, 1.54) is 28.8 Å². The number of benzene rings is 2. The largest absolute Gasteiger partial charge is 0.442 e. The number of alkyl halides is 1. The van der Waals surface area contributed by atoms with Gasteiger partial charge >= 0.3 is 5.76 Å². The molecule has 0 radical (unpaired) electrons. The third-order valence-electron chi connectivity index (χ3n) is 6.56. The van der Waals surface area contributed by atoms with E-state index in [-0.39, 0.29) is 58.4 Å². The number of hydrogen-bond donors (Lipinski definition) is 4. The Morgan fingerprint density at radius 2 is 1.69 bits per heavy atom. The van der Waals surface area contributed by atoms with E-state index < -0.39 is 5.76 Å². The van der Waals surface area contributed by atoms with Gasteiger partial charge in [0.15, 0.2) is 28.9 Å². The first kappa shape index (κ1) is 27.4. The first-order chi connectivity index (χ1) is 20.7. The zero-order valence-corrected chi connectivity index (χ0v) is 23.4. The van der Waals surface area contributed by atoms with E-state index in [4.69, 9.17) is 18.0 Å². The number of rotatable bonds is 4. The van der Waals surface area contributed by atoms with Crippen LogP contribution in [0.3, 0.4) is 0 Å². The fourth-order valence-corrected chi connectivity index (χ4v) is 4.54. The van der Waals surface area contributed by atoms with E-state index in [1.54, 1.807) is 12.1 Å². The first-order valence-corrected chi connectivity index (χ1v) is 13.4. The third-order valence-corrected chi connectivity index (χ3v) is 6.56. The summed E-state index contributed by atoms with van der Waals surface area (Å²) in [5.41, 5.74) is 16.7. The Hall–Kier alpha value is -4.72. The molecule has 3 heterocycles. The standard InChI is InChI=1S/C12H8FN5O3.C11H10FN5O2.CH3I/c13-6-2-1-5-3-8(7(5)4-6)18-11(17-20-12(18)19)9-10(14)16-21-15-9;12-6-2-1-5-3-8(7(5)4-6)14-11(15-18)9-10(13)17-19-16-9;1-2/h1-2,4,8H,3H2,(H2,14,16);1-2,4,8,18H,3H2,(H2,13,17)(H,14,15);1H3/i;;1D. The predicted molar refractivity (Wildman–Crippen MR) is 150 cm³/mol. The molecule has 2 unspecified atom stereocenters. The molecule has 0 spiro atoms. The number of hydrogen-bond acceptors (Lipinski definition) is 13. The molecule has 6 N–H and O–H groups in total. The summed E-state index contributed by atoms with van der Waals surface area (Å²) < 4.78 is 47.6. The van der Waals surface area contributed by atoms with Gasteiger partial charge in [0.1, 0.15) is 11.6 Å². The maximum Gasteiger partial charge on any atom is 0.442 e. The van der Waals surface area contributed by atoms with Crippen molar-refractivity contribution in [1.82, 2.24) is 35.8 Å². The van der Waals surface area contributed by atoms with Gasteiger partial charge in [0.25, 0.3) is 0 Å². The SMILES string of the molecule is Nc1nonc1-c1noc(=O)n1C1Cc2ccc(F)cc21.Nc1nonc1C(=NC1Cc2ccc(F)cc21)NO.[2H]CI. The van der Waals surface area contributed by atoms with Gasteiger partial charge in [-0.3, -0.25) is 20.2 Å². The van der Waals surface area contributed by atoms with Gasteiger partial charge in [-0.25, -0.2) is 27.4 Å². The van der Waals surface area contributed by atoms with Gasteiger partial charge in [-0.2, -0.15) is 0 Å². The third kappa shape index (κ3) is 5.32. The molecule has 5 aromatic rings. The minimum atomic E-state index is -0.674. The lowest BCUT2D eigenvalue weighted by Gasteiger charge is -2.30. The number of aromatic nitrogens is 6. The molecule has 218 valence electrons. The minimum absolute atomic E-state index is 0.00385. The van der Waals surface area contributed by atoms with Crippen molar-refractivity contribution >= 4 is 40.1 Å². The normalized spacial score (nSPS) is 16.8. The Kier molecular flexibility index (Phi) is 7.86. The van der Waals surface area contributed by atoms with Crippen molar-refractivity contribution < 1.29 is 29.1 Å². The number of nitrogens with two attached hydrogens (primary N) is 2. The lowest BCUT2D eigenvalue weighted by molar-refractivity contribution is 0.232. The average molecular weight is 695 g/mol. The highest BCUT2D eigenvalue weighted by atomic mass is 127. The molecule has 0 bridgehead atoms. The smallest absolute Gasteiger partial charge is 0.379 e. The van der Waals surface area contributed by atoms with Crippen LogP contribution in [0, 0.1) is 11.6 Å². The maximum absolute atomic E-state index is 13.4. The summed E-state index contributed by atoms with van der Waals surface area (Å²) in [6.45, 7) is 0. The van der Waals surface area contributed by atoms with Gasteiger partial charge in [0.2, 0.25) is 5.82 Å². The first-order valence-electron chi connectivity index (χ1n) is 12.6. The number of nitrogen functional groups attached to an aromatic ring is 2. The van der Waals surface area contributed by atoms with E-state index >= 15 is 0 Å². The monoisotopic (exact) mass is 695 g/mol. The van der Waals surface area contributed by atoms with Gasteiger partial charge in [0.05, 0.1) is 12.1 Å². The Balaban J connectivity index is 0.000000158. The zero-order valence-electron chi connectivity index (χ0n) is 22.2. The summed E-state index contributed by atoms with van der Waals surface area (Å²) in [6, 6.07) is 8.37. The zero-order chi connectivity index (χ0) is 30.7. The molecule has 2 aliphatic carbocycles. The van der Waals surface area contributed by atoms with Gasteiger partial charge in [-0.05, 0) is 84.9 Å². The number of halogens is 3. The van der Waals surface area contributed by atoms with Crippen LogP contribution in [0.15, 0.2) is 60.0 Å². The summed E-state index contributed by atoms with van der Waals surface area (Å²) in [5.74, 6) is -1.20. The van der Waals surface area contributed by atoms with Crippen molar-refractivity contribution in [2.24, 2.45) is 4.99 Å². The van der Waals surface area contributed by atoms with Gasteiger partial charge in [0, 0.05) is 1.37 Å². The number of aliphatic imine (C=N–C) groups is 1. The molecule has 3 aromatic heterocycles. The van der Waals surface area contributed by atoms with Crippen molar-refractivity contribution in [3.05, 3.63) is 86.5 Å². The number of amidine groups is 1. The second-order valence-electron chi connectivity index (χ2n) is 8.85. The number of nitrogens with zero attached hydrogens (tertiary/aromatic N) is 7. The van der Waals surface area contributed by atoms with Crippen molar-refractivity contribution in [2.75, 3.05) is 16.4 Å². The Morgan fingerprint density at radius 1 is 1.05 bits per heavy atom. The van der Waals surface area contributed by atoms with E-state index in [9.17, 15) is 13.6 Å². The lowest BCUT2D eigenvalue weighted by atomic mass is 9.83. The van der Waals surface area contributed by atoms with Crippen LogP contribution in [0.25, 0.3) is 11.5 Å². The van der Waals surface area contributed by atoms with E-state index in [0.717, 1.165) is 16.7 Å². The van der Waals surface area contributed by atoms with Gasteiger partial charge in [-0.1, -0.05) is 39.9 Å². The van der Waals surface area contributed by atoms with Crippen LogP contribution in [-0.2, 0) is 12.8 Å². The topological polar surface area (TPSA) is 223 Å². The molecule has 0 fully saturated rings. The molecular weight excluding hydrogens is 673 g/mol. The Labute approximate surface area is 249 Å².